The van der Waals surface area contributed by atoms with Crippen molar-refractivity contribution in [1.29, 1.82) is 0 Å². The number of hydrogen-bond acceptors (Lipinski definition) is 5. The number of amides is 1. The van der Waals surface area contributed by atoms with Gasteiger partial charge in [-0.3, -0.25) is 0 Å². The summed E-state index contributed by atoms with van der Waals surface area (Å²) in [5, 5.41) is 10.6. The number of carbonyl (C=O) groups excluding carboxylic acids is 1. The molecule has 2 atom stereocenters. The Hall–Kier alpha value is -2.35. The molecule has 0 radical (unpaired) electrons. The van der Waals surface area contributed by atoms with Crippen LogP contribution in [-0.2, 0) is 19.6 Å². The van der Waals surface area contributed by atoms with Crippen LogP contribution in [0.5, 0.6) is 0 Å². The number of hydrogen-bond donors (Lipinski definition) is 1. The molecule has 0 saturated carbocycles. The lowest BCUT2D eigenvalue weighted by Gasteiger charge is -2.46. The van der Waals surface area contributed by atoms with Gasteiger partial charge in [-0.1, -0.05) is 61.5 Å². The predicted octanol–water partition coefficient (Wildman–Crippen LogP) is 5.34. The molecule has 0 spiro atoms. The van der Waals surface area contributed by atoms with E-state index in [2.05, 4.69) is 19.1 Å². The number of carbonyl (C=O) groups is 1. The molecule has 2 aromatic rings. The molecule has 7 heteroatoms. The van der Waals surface area contributed by atoms with Gasteiger partial charge in [0.2, 0.25) is 0 Å². The summed E-state index contributed by atoms with van der Waals surface area (Å²) in [6.07, 6.45) is 1.35. The fourth-order valence-electron chi connectivity index (χ4n) is 5.31. The molecule has 2 heterocycles. The van der Waals surface area contributed by atoms with Gasteiger partial charge in [-0.2, -0.15) is 0 Å². The number of aliphatic hydroxyl groups is 1. The minimum absolute atomic E-state index is 0.110. The van der Waals surface area contributed by atoms with Gasteiger partial charge >= 0.3 is 13.2 Å². The van der Waals surface area contributed by atoms with Crippen molar-refractivity contribution in [3.05, 3.63) is 65.7 Å². The SMILES string of the molecule is CC[C@@H](c1ccc(B2OC(C)(C)C(C)(C)O2)cc1)N1CCC(CC(C)(C)O)(c2ccccc2)OC1=O. The summed E-state index contributed by atoms with van der Waals surface area (Å²) in [5.74, 6) is 0. The van der Waals surface area contributed by atoms with Crippen LogP contribution in [0.2, 0.25) is 0 Å². The number of cyclic esters (lactones) is 1. The lowest BCUT2D eigenvalue weighted by atomic mass is 9.78. The highest BCUT2D eigenvalue weighted by atomic mass is 16.7. The normalized spacial score (nSPS) is 24.5. The summed E-state index contributed by atoms with van der Waals surface area (Å²) < 4.78 is 18.6. The second kappa shape index (κ2) is 9.51. The average Bonchev–Trinajstić information content (AvgIpc) is 3.02. The molecule has 1 N–H and O–H groups in total. The largest absolute Gasteiger partial charge is 0.494 e. The first-order valence-corrected chi connectivity index (χ1v) is 13.0. The Morgan fingerprint density at radius 1 is 1.00 bits per heavy atom. The van der Waals surface area contributed by atoms with Gasteiger partial charge in [-0.25, -0.2) is 4.79 Å². The molecule has 2 aromatic carbocycles. The van der Waals surface area contributed by atoms with Crippen molar-refractivity contribution >= 4 is 18.7 Å². The third kappa shape index (κ3) is 5.20. The zero-order valence-electron chi connectivity index (χ0n) is 22.7. The summed E-state index contributed by atoms with van der Waals surface area (Å²) in [6.45, 7) is 14.3. The maximum Gasteiger partial charge on any atom is 0.494 e. The van der Waals surface area contributed by atoms with Gasteiger partial charge in [0, 0.05) is 19.4 Å². The fourth-order valence-corrected chi connectivity index (χ4v) is 5.31. The molecule has 4 rings (SSSR count). The smallest absolute Gasteiger partial charge is 0.438 e. The molecular weight excluding hydrogens is 453 g/mol. The quantitative estimate of drug-likeness (QED) is 0.528. The van der Waals surface area contributed by atoms with Crippen molar-refractivity contribution < 1.29 is 23.9 Å². The van der Waals surface area contributed by atoms with E-state index in [0.29, 0.717) is 19.4 Å². The van der Waals surface area contributed by atoms with E-state index >= 15 is 0 Å². The van der Waals surface area contributed by atoms with E-state index < -0.39 is 29.5 Å². The number of rotatable bonds is 7. The third-order valence-electron chi connectivity index (χ3n) is 7.90. The van der Waals surface area contributed by atoms with Crippen molar-refractivity contribution in [1.82, 2.24) is 4.90 Å². The van der Waals surface area contributed by atoms with Crippen molar-refractivity contribution in [2.24, 2.45) is 0 Å². The van der Waals surface area contributed by atoms with Gasteiger partial charge in [0.15, 0.2) is 0 Å². The van der Waals surface area contributed by atoms with E-state index in [9.17, 15) is 9.90 Å². The predicted molar refractivity (Wildman–Crippen MR) is 142 cm³/mol. The molecule has 2 fully saturated rings. The fraction of sp³-hybridized carbons (Fsp3) is 0.552. The van der Waals surface area contributed by atoms with Crippen LogP contribution < -0.4 is 5.46 Å². The van der Waals surface area contributed by atoms with E-state index in [-0.39, 0.29) is 12.1 Å². The van der Waals surface area contributed by atoms with Crippen molar-refractivity contribution in [3.8, 4) is 0 Å². The lowest BCUT2D eigenvalue weighted by Crippen LogP contribution is -2.51. The Kier molecular flexibility index (Phi) is 7.06. The second-order valence-corrected chi connectivity index (χ2v) is 11.8. The third-order valence-corrected chi connectivity index (χ3v) is 7.90. The lowest BCUT2D eigenvalue weighted by molar-refractivity contribution is -0.102. The molecule has 0 aliphatic carbocycles. The molecule has 36 heavy (non-hydrogen) atoms. The highest BCUT2D eigenvalue weighted by Gasteiger charge is 2.52. The zero-order chi connectivity index (χ0) is 26.4. The summed E-state index contributed by atoms with van der Waals surface area (Å²) in [4.78, 5) is 15.3. The Labute approximate surface area is 216 Å². The highest BCUT2D eigenvalue weighted by molar-refractivity contribution is 6.62. The Morgan fingerprint density at radius 2 is 1.58 bits per heavy atom. The minimum atomic E-state index is -0.980. The maximum atomic E-state index is 13.4. The first kappa shape index (κ1) is 26.7. The summed E-state index contributed by atoms with van der Waals surface area (Å²) in [5.41, 5.74) is 0.298. The van der Waals surface area contributed by atoms with E-state index in [1.165, 1.54) is 0 Å². The van der Waals surface area contributed by atoms with Crippen LogP contribution in [0.1, 0.15) is 84.9 Å². The molecule has 2 aliphatic heterocycles. The number of benzene rings is 2. The van der Waals surface area contributed by atoms with E-state index in [1.54, 1.807) is 13.8 Å². The maximum absolute atomic E-state index is 13.4. The van der Waals surface area contributed by atoms with Crippen LogP contribution in [0, 0.1) is 0 Å². The number of nitrogens with zero attached hydrogens (tertiary/aromatic N) is 1. The van der Waals surface area contributed by atoms with Crippen LogP contribution in [0.25, 0.3) is 0 Å². The van der Waals surface area contributed by atoms with E-state index in [0.717, 1.165) is 23.0 Å². The van der Waals surface area contributed by atoms with Crippen molar-refractivity contribution in [2.45, 2.75) is 96.2 Å². The molecule has 2 aliphatic rings. The van der Waals surface area contributed by atoms with Gasteiger partial charge < -0.3 is 24.1 Å². The topological polar surface area (TPSA) is 68.2 Å². The van der Waals surface area contributed by atoms with Crippen molar-refractivity contribution in [3.63, 3.8) is 0 Å². The summed E-state index contributed by atoms with van der Waals surface area (Å²) >= 11 is 0. The van der Waals surface area contributed by atoms with Crippen molar-refractivity contribution in [2.75, 3.05) is 6.54 Å². The first-order valence-electron chi connectivity index (χ1n) is 13.0. The zero-order valence-corrected chi connectivity index (χ0v) is 22.7. The van der Waals surface area contributed by atoms with Crippen LogP contribution in [-0.4, -0.2) is 46.6 Å². The Bertz CT molecular complexity index is 1050. The van der Waals surface area contributed by atoms with Gasteiger partial charge in [-0.15, -0.1) is 0 Å². The van der Waals surface area contributed by atoms with Crippen LogP contribution >= 0.6 is 0 Å². The summed E-state index contributed by atoms with van der Waals surface area (Å²) in [7, 11) is -0.419. The Balaban J connectivity index is 1.53. The van der Waals surface area contributed by atoms with Gasteiger partial charge in [-0.05, 0) is 64.6 Å². The van der Waals surface area contributed by atoms with Gasteiger partial charge in [0.1, 0.15) is 5.60 Å². The highest BCUT2D eigenvalue weighted by Crippen LogP contribution is 2.43. The molecule has 1 amide bonds. The van der Waals surface area contributed by atoms with Gasteiger partial charge in [0.25, 0.3) is 0 Å². The van der Waals surface area contributed by atoms with E-state index in [1.807, 2.05) is 75.1 Å². The minimum Gasteiger partial charge on any atom is -0.438 e. The summed E-state index contributed by atoms with van der Waals surface area (Å²) in [6, 6.07) is 17.8. The Morgan fingerprint density at radius 3 is 2.08 bits per heavy atom. The number of ether oxygens (including phenoxy) is 1. The molecule has 0 bridgehead atoms. The van der Waals surface area contributed by atoms with Crippen LogP contribution in [0.3, 0.4) is 0 Å². The van der Waals surface area contributed by atoms with Crippen LogP contribution in [0.15, 0.2) is 54.6 Å². The standard InChI is InChI=1S/C29H40BNO5/c1-8-24(21-14-16-23(17-15-21)30-35-27(4,5)28(6,7)36-30)31-19-18-29(34-25(31)32,20-26(2,3)33)22-12-10-9-11-13-22/h9-17,24,33H,8,18-20H2,1-7H3/t24-,29?/m0/s1. The monoisotopic (exact) mass is 493 g/mol. The first-order chi connectivity index (χ1) is 16.8. The molecule has 2 saturated heterocycles. The second-order valence-electron chi connectivity index (χ2n) is 11.8. The van der Waals surface area contributed by atoms with E-state index in [4.69, 9.17) is 14.0 Å². The van der Waals surface area contributed by atoms with Crippen LogP contribution in [0.4, 0.5) is 4.79 Å². The molecular formula is C29H40BNO5. The molecule has 194 valence electrons. The average molecular weight is 493 g/mol. The molecule has 0 aromatic heterocycles. The molecule has 1 unspecified atom stereocenters. The molecule has 6 nitrogen and oxygen atoms in total. The van der Waals surface area contributed by atoms with Gasteiger partial charge in [0.05, 0.1) is 22.8 Å².